The molecule has 1 aromatic rings. The molecule has 0 bridgehead atoms. The molecule has 0 aromatic carbocycles. The third kappa shape index (κ3) is 2.11. The van der Waals surface area contributed by atoms with E-state index in [9.17, 15) is 0 Å². The Labute approximate surface area is 76.0 Å². The second kappa shape index (κ2) is 3.99. The summed E-state index contributed by atoms with van der Waals surface area (Å²) in [6.07, 6.45) is 0. The summed E-state index contributed by atoms with van der Waals surface area (Å²) in [7, 11) is 1.50. The van der Waals surface area contributed by atoms with E-state index in [2.05, 4.69) is 16.8 Å². The maximum absolute atomic E-state index is 8.22. The molecule has 2 N–H and O–H groups in total. The number of rotatable bonds is 1. The Balaban J connectivity index is 3.13. The van der Waals surface area contributed by atoms with E-state index in [0.717, 1.165) is 0 Å². The highest BCUT2D eigenvalue weighted by atomic mass is 16.5. The van der Waals surface area contributed by atoms with Crippen molar-refractivity contribution >= 4 is 5.69 Å². The zero-order chi connectivity index (χ0) is 9.68. The minimum atomic E-state index is 0.362. The molecule has 0 atom stereocenters. The third-order valence-electron chi connectivity index (χ3n) is 1.35. The molecule has 0 saturated carbocycles. The van der Waals surface area contributed by atoms with Gasteiger partial charge in [-0.25, -0.2) is 4.98 Å². The summed E-state index contributed by atoms with van der Waals surface area (Å²) in [5, 5.41) is 8.22. The van der Waals surface area contributed by atoms with Crippen molar-refractivity contribution in [3.63, 3.8) is 0 Å². The fraction of sp³-hybridized carbons (Fsp3) is 0.111. The van der Waals surface area contributed by atoms with Gasteiger partial charge in [-0.05, 0) is 12.0 Å². The van der Waals surface area contributed by atoms with E-state index in [-0.39, 0.29) is 0 Å². The highest BCUT2D eigenvalue weighted by Gasteiger charge is 1.99. The zero-order valence-corrected chi connectivity index (χ0v) is 7.03. The van der Waals surface area contributed by atoms with Crippen LogP contribution in [0, 0.1) is 23.2 Å². The minimum absolute atomic E-state index is 0.362. The molecule has 1 heterocycles. The van der Waals surface area contributed by atoms with Crippen molar-refractivity contribution in [1.82, 2.24) is 4.98 Å². The van der Waals surface area contributed by atoms with Crippen LogP contribution in [0.25, 0.3) is 0 Å². The monoisotopic (exact) mass is 173 g/mol. The van der Waals surface area contributed by atoms with Crippen LogP contribution in [0.1, 0.15) is 5.69 Å². The molecule has 1 aromatic heterocycles. The molecule has 0 aliphatic carbocycles. The number of pyridine rings is 1. The fourth-order valence-corrected chi connectivity index (χ4v) is 0.753. The van der Waals surface area contributed by atoms with Crippen molar-refractivity contribution in [2.24, 2.45) is 0 Å². The van der Waals surface area contributed by atoms with Gasteiger partial charge in [-0.15, -0.1) is 0 Å². The van der Waals surface area contributed by atoms with Gasteiger partial charge in [-0.1, -0.05) is 0 Å². The lowest BCUT2D eigenvalue weighted by Crippen LogP contribution is -1.96. The standard InChI is InChI=1S/C9H7N3O/c1-13-9-5-4-7(11)8(12-9)3-2-6-10/h4-5H,11H2,1H3. The van der Waals surface area contributed by atoms with Gasteiger partial charge in [0.25, 0.3) is 0 Å². The summed E-state index contributed by atoms with van der Waals surface area (Å²) >= 11 is 0. The first kappa shape index (κ1) is 8.89. The molecule has 64 valence electrons. The van der Waals surface area contributed by atoms with Gasteiger partial charge in [0.15, 0.2) is 6.07 Å². The normalized spacial score (nSPS) is 8.00. The number of nitrogen functional groups attached to an aromatic ring is 1. The Kier molecular flexibility index (Phi) is 2.73. The zero-order valence-electron chi connectivity index (χ0n) is 7.03. The van der Waals surface area contributed by atoms with Crippen LogP contribution in [0.5, 0.6) is 5.88 Å². The molecule has 4 heteroatoms. The van der Waals surface area contributed by atoms with Crippen LogP contribution >= 0.6 is 0 Å². The molecule has 4 nitrogen and oxygen atoms in total. The highest BCUT2D eigenvalue weighted by Crippen LogP contribution is 2.12. The number of hydrogen-bond acceptors (Lipinski definition) is 4. The lowest BCUT2D eigenvalue weighted by molar-refractivity contribution is 0.397. The summed E-state index contributed by atoms with van der Waals surface area (Å²) in [5.41, 5.74) is 6.35. The lowest BCUT2D eigenvalue weighted by atomic mass is 10.3. The van der Waals surface area contributed by atoms with E-state index in [0.29, 0.717) is 17.3 Å². The van der Waals surface area contributed by atoms with Crippen molar-refractivity contribution in [2.45, 2.75) is 0 Å². The number of hydrogen-bond donors (Lipinski definition) is 1. The SMILES string of the molecule is COc1ccc(N)c(C#CC#N)n1. The van der Waals surface area contributed by atoms with E-state index in [1.165, 1.54) is 7.11 Å². The summed E-state index contributed by atoms with van der Waals surface area (Å²) < 4.78 is 4.87. The van der Waals surface area contributed by atoms with Crippen molar-refractivity contribution in [3.05, 3.63) is 17.8 Å². The van der Waals surface area contributed by atoms with Crippen molar-refractivity contribution < 1.29 is 4.74 Å². The summed E-state index contributed by atoms with van der Waals surface area (Å²) in [6, 6.07) is 4.95. The smallest absolute Gasteiger partial charge is 0.214 e. The third-order valence-corrected chi connectivity index (χ3v) is 1.35. The van der Waals surface area contributed by atoms with Gasteiger partial charge in [-0.2, -0.15) is 5.26 Å². The molecule has 13 heavy (non-hydrogen) atoms. The number of ether oxygens (including phenoxy) is 1. The van der Waals surface area contributed by atoms with Gasteiger partial charge in [0.1, 0.15) is 5.69 Å². The van der Waals surface area contributed by atoms with Crippen molar-refractivity contribution in [3.8, 4) is 23.8 Å². The molecule has 0 aliphatic heterocycles. The van der Waals surface area contributed by atoms with Crippen molar-refractivity contribution in [2.75, 3.05) is 12.8 Å². The number of nitrogens with two attached hydrogens (primary N) is 1. The van der Waals surface area contributed by atoms with Crippen LogP contribution in [0.2, 0.25) is 0 Å². The molecule has 0 unspecified atom stereocenters. The lowest BCUT2D eigenvalue weighted by Gasteiger charge is -2.00. The van der Waals surface area contributed by atoms with Crippen LogP contribution in [0.15, 0.2) is 12.1 Å². The first-order valence-electron chi connectivity index (χ1n) is 3.48. The number of aromatic nitrogens is 1. The number of methoxy groups -OCH3 is 1. The molecule has 0 radical (unpaired) electrons. The molecular weight excluding hydrogens is 166 g/mol. The van der Waals surface area contributed by atoms with Gasteiger partial charge in [0.05, 0.1) is 12.8 Å². The van der Waals surface area contributed by atoms with Gasteiger partial charge in [0.2, 0.25) is 5.88 Å². The van der Waals surface area contributed by atoms with Crippen LogP contribution in [-0.4, -0.2) is 12.1 Å². The highest BCUT2D eigenvalue weighted by molar-refractivity contribution is 5.53. The molecule has 0 spiro atoms. The maximum Gasteiger partial charge on any atom is 0.214 e. The van der Waals surface area contributed by atoms with Gasteiger partial charge < -0.3 is 10.5 Å². The van der Waals surface area contributed by atoms with Gasteiger partial charge >= 0.3 is 0 Å². The Bertz CT molecular complexity index is 409. The second-order valence-electron chi connectivity index (χ2n) is 2.15. The van der Waals surface area contributed by atoms with Crippen LogP contribution in [0.4, 0.5) is 5.69 Å². The topological polar surface area (TPSA) is 71.9 Å². The van der Waals surface area contributed by atoms with Gasteiger partial charge in [0, 0.05) is 12.0 Å². The molecule has 1 rings (SSSR count). The van der Waals surface area contributed by atoms with Crippen LogP contribution in [-0.2, 0) is 0 Å². The van der Waals surface area contributed by atoms with E-state index >= 15 is 0 Å². The minimum Gasteiger partial charge on any atom is -0.481 e. The molecule has 0 amide bonds. The average Bonchev–Trinajstić information content (AvgIpc) is 2.17. The molecule has 0 fully saturated rings. The van der Waals surface area contributed by atoms with E-state index in [1.807, 2.05) is 0 Å². The Hall–Kier alpha value is -2.20. The van der Waals surface area contributed by atoms with E-state index in [4.69, 9.17) is 15.7 Å². The molecule has 0 saturated heterocycles. The number of nitrogens with zero attached hydrogens (tertiary/aromatic N) is 2. The van der Waals surface area contributed by atoms with Gasteiger partial charge in [-0.3, -0.25) is 0 Å². The van der Waals surface area contributed by atoms with Crippen LogP contribution in [0.3, 0.4) is 0 Å². The summed E-state index contributed by atoms with van der Waals surface area (Å²) in [6.45, 7) is 0. The first-order valence-corrected chi connectivity index (χ1v) is 3.48. The fourth-order valence-electron chi connectivity index (χ4n) is 0.753. The average molecular weight is 173 g/mol. The Morgan fingerprint density at radius 2 is 2.31 bits per heavy atom. The van der Waals surface area contributed by atoms with E-state index < -0.39 is 0 Å². The Morgan fingerprint density at radius 3 is 2.92 bits per heavy atom. The van der Waals surface area contributed by atoms with Crippen LogP contribution < -0.4 is 10.5 Å². The second-order valence-corrected chi connectivity index (χ2v) is 2.15. The van der Waals surface area contributed by atoms with Crippen molar-refractivity contribution in [1.29, 1.82) is 5.26 Å². The summed E-state index contributed by atoms with van der Waals surface area (Å²) in [5.74, 6) is 5.15. The maximum atomic E-state index is 8.22. The molecular formula is C9H7N3O. The Morgan fingerprint density at radius 1 is 1.54 bits per heavy atom. The predicted octanol–water partition coefficient (Wildman–Crippen LogP) is 0.547. The number of nitriles is 1. The molecule has 0 aliphatic rings. The summed E-state index contributed by atoms with van der Waals surface area (Å²) in [4.78, 5) is 3.96. The predicted molar refractivity (Wildman–Crippen MR) is 47.7 cm³/mol. The largest absolute Gasteiger partial charge is 0.481 e. The quantitative estimate of drug-likeness (QED) is 0.629. The van der Waals surface area contributed by atoms with E-state index in [1.54, 1.807) is 18.2 Å². The number of anilines is 1. The first-order chi connectivity index (χ1) is 6.27.